The average molecular weight is 341 g/mol. The van der Waals surface area contributed by atoms with Crippen molar-refractivity contribution in [1.82, 2.24) is 4.98 Å². The molecule has 0 saturated carbocycles. The summed E-state index contributed by atoms with van der Waals surface area (Å²) in [6, 6.07) is 13.7. The minimum atomic E-state index is -0.383. The first-order chi connectivity index (χ1) is 11.6. The van der Waals surface area contributed by atoms with Crippen molar-refractivity contribution in [1.29, 1.82) is 0 Å². The minimum absolute atomic E-state index is 0.0129. The Bertz CT molecular complexity index is 863. The van der Waals surface area contributed by atoms with E-state index in [9.17, 15) is 9.18 Å². The second-order valence-corrected chi connectivity index (χ2v) is 6.28. The number of thiazole rings is 1. The highest BCUT2D eigenvalue weighted by molar-refractivity contribution is 7.09. The molecular formula is C18H16FN3OS. The Morgan fingerprint density at radius 3 is 2.79 bits per heavy atom. The SMILES string of the molecule is Cc1nc(-c2cccc(NC(=O)CNc3ccccc3F)c2)cs1. The van der Waals surface area contributed by atoms with Crippen molar-refractivity contribution < 1.29 is 9.18 Å². The predicted octanol–water partition coefficient (Wildman–Crippen LogP) is 4.31. The van der Waals surface area contributed by atoms with E-state index in [-0.39, 0.29) is 18.3 Å². The number of benzene rings is 2. The van der Waals surface area contributed by atoms with Crippen molar-refractivity contribution >= 4 is 28.6 Å². The van der Waals surface area contributed by atoms with Crippen LogP contribution in [0.15, 0.2) is 53.9 Å². The Labute approximate surface area is 143 Å². The Morgan fingerprint density at radius 1 is 1.21 bits per heavy atom. The van der Waals surface area contributed by atoms with Crippen molar-refractivity contribution in [3.63, 3.8) is 0 Å². The number of amides is 1. The molecule has 6 heteroatoms. The number of rotatable bonds is 5. The highest BCUT2D eigenvalue weighted by atomic mass is 32.1. The van der Waals surface area contributed by atoms with Crippen LogP contribution in [0.5, 0.6) is 0 Å². The van der Waals surface area contributed by atoms with Crippen LogP contribution in [0.25, 0.3) is 11.3 Å². The lowest BCUT2D eigenvalue weighted by atomic mass is 10.1. The second kappa shape index (κ2) is 7.23. The van der Waals surface area contributed by atoms with Crippen molar-refractivity contribution in [2.24, 2.45) is 0 Å². The summed E-state index contributed by atoms with van der Waals surface area (Å²) in [6.07, 6.45) is 0. The van der Waals surface area contributed by atoms with Gasteiger partial charge in [0.15, 0.2) is 0 Å². The molecule has 1 amide bonds. The van der Waals surface area contributed by atoms with Gasteiger partial charge in [0.05, 0.1) is 22.9 Å². The highest BCUT2D eigenvalue weighted by Crippen LogP contribution is 2.24. The van der Waals surface area contributed by atoms with Crippen LogP contribution in [0.1, 0.15) is 5.01 Å². The maximum absolute atomic E-state index is 13.5. The van der Waals surface area contributed by atoms with Crippen LogP contribution in [0, 0.1) is 12.7 Å². The molecule has 0 bridgehead atoms. The fourth-order valence-corrected chi connectivity index (χ4v) is 2.86. The minimum Gasteiger partial charge on any atom is -0.374 e. The number of para-hydroxylation sites is 1. The summed E-state index contributed by atoms with van der Waals surface area (Å²) in [4.78, 5) is 16.5. The molecule has 3 rings (SSSR count). The van der Waals surface area contributed by atoms with Crippen LogP contribution in [-0.2, 0) is 4.79 Å². The molecule has 4 nitrogen and oxygen atoms in total. The Hall–Kier alpha value is -2.73. The fraction of sp³-hybridized carbons (Fsp3) is 0.111. The van der Waals surface area contributed by atoms with E-state index in [0.29, 0.717) is 11.4 Å². The fourth-order valence-electron chi connectivity index (χ4n) is 2.24. The van der Waals surface area contributed by atoms with Crippen LogP contribution in [-0.4, -0.2) is 17.4 Å². The maximum Gasteiger partial charge on any atom is 0.243 e. The summed E-state index contributed by atoms with van der Waals surface area (Å²) in [7, 11) is 0. The summed E-state index contributed by atoms with van der Waals surface area (Å²) in [5.74, 6) is -0.629. The summed E-state index contributed by atoms with van der Waals surface area (Å²) in [6.45, 7) is 1.94. The van der Waals surface area contributed by atoms with Gasteiger partial charge in [-0.15, -0.1) is 11.3 Å². The predicted molar refractivity (Wildman–Crippen MR) is 95.8 cm³/mol. The number of aryl methyl sites for hydroxylation is 1. The first-order valence-corrected chi connectivity index (χ1v) is 8.30. The smallest absolute Gasteiger partial charge is 0.243 e. The van der Waals surface area contributed by atoms with Crippen LogP contribution >= 0.6 is 11.3 Å². The Morgan fingerprint density at radius 2 is 2.04 bits per heavy atom. The van der Waals surface area contributed by atoms with Crippen LogP contribution in [0.4, 0.5) is 15.8 Å². The second-order valence-electron chi connectivity index (χ2n) is 5.21. The lowest BCUT2D eigenvalue weighted by molar-refractivity contribution is -0.114. The molecule has 1 aromatic heterocycles. The van der Waals surface area contributed by atoms with E-state index >= 15 is 0 Å². The third-order valence-corrected chi connectivity index (χ3v) is 4.15. The van der Waals surface area contributed by atoms with Gasteiger partial charge in [-0.1, -0.05) is 24.3 Å². The molecule has 0 atom stereocenters. The molecule has 0 radical (unpaired) electrons. The molecule has 0 fully saturated rings. The topological polar surface area (TPSA) is 54.0 Å². The molecule has 2 aromatic carbocycles. The molecule has 0 aliphatic rings. The van der Waals surface area contributed by atoms with E-state index in [2.05, 4.69) is 15.6 Å². The molecule has 1 heterocycles. The van der Waals surface area contributed by atoms with E-state index in [1.165, 1.54) is 6.07 Å². The van der Waals surface area contributed by atoms with E-state index in [0.717, 1.165) is 16.3 Å². The molecule has 0 aliphatic heterocycles. The molecule has 3 aromatic rings. The lowest BCUT2D eigenvalue weighted by Gasteiger charge is -2.09. The summed E-state index contributed by atoms with van der Waals surface area (Å²) >= 11 is 1.58. The third-order valence-electron chi connectivity index (χ3n) is 3.37. The molecule has 0 spiro atoms. The Balaban J connectivity index is 1.63. The van der Waals surface area contributed by atoms with Crippen molar-refractivity contribution in [3.8, 4) is 11.3 Å². The number of hydrogen-bond acceptors (Lipinski definition) is 4. The Kier molecular flexibility index (Phi) is 4.86. The maximum atomic E-state index is 13.5. The zero-order chi connectivity index (χ0) is 16.9. The van der Waals surface area contributed by atoms with Gasteiger partial charge in [0, 0.05) is 16.6 Å². The van der Waals surface area contributed by atoms with Gasteiger partial charge in [-0.25, -0.2) is 9.37 Å². The van der Waals surface area contributed by atoms with Crippen LogP contribution in [0.2, 0.25) is 0 Å². The number of halogens is 1. The van der Waals surface area contributed by atoms with Crippen LogP contribution in [0.3, 0.4) is 0 Å². The van der Waals surface area contributed by atoms with Gasteiger partial charge in [-0.3, -0.25) is 4.79 Å². The van der Waals surface area contributed by atoms with Crippen molar-refractivity contribution in [2.45, 2.75) is 6.92 Å². The van der Waals surface area contributed by atoms with Gasteiger partial charge < -0.3 is 10.6 Å². The summed E-state index contributed by atoms with van der Waals surface area (Å²) in [5, 5.41) is 8.56. The van der Waals surface area contributed by atoms with Crippen molar-refractivity contribution in [3.05, 3.63) is 64.7 Å². The average Bonchev–Trinajstić information content (AvgIpc) is 3.01. The van der Waals surface area contributed by atoms with Gasteiger partial charge in [0.25, 0.3) is 0 Å². The molecule has 24 heavy (non-hydrogen) atoms. The van der Waals surface area contributed by atoms with Crippen LogP contribution < -0.4 is 10.6 Å². The number of anilines is 2. The lowest BCUT2D eigenvalue weighted by Crippen LogP contribution is -2.22. The van der Waals surface area contributed by atoms with E-state index in [1.807, 2.05) is 36.6 Å². The molecule has 0 unspecified atom stereocenters. The van der Waals surface area contributed by atoms with Gasteiger partial charge in [-0.05, 0) is 31.2 Å². The van der Waals surface area contributed by atoms with E-state index in [1.54, 1.807) is 29.5 Å². The number of aromatic nitrogens is 1. The van der Waals surface area contributed by atoms with Gasteiger partial charge in [-0.2, -0.15) is 0 Å². The number of carbonyl (C=O) groups is 1. The zero-order valence-corrected chi connectivity index (χ0v) is 13.9. The summed E-state index contributed by atoms with van der Waals surface area (Å²) in [5.41, 5.74) is 2.81. The zero-order valence-electron chi connectivity index (χ0n) is 13.0. The van der Waals surface area contributed by atoms with Crippen molar-refractivity contribution in [2.75, 3.05) is 17.2 Å². The number of hydrogen-bond donors (Lipinski definition) is 2. The first-order valence-electron chi connectivity index (χ1n) is 7.42. The molecule has 0 saturated heterocycles. The quantitative estimate of drug-likeness (QED) is 0.727. The van der Waals surface area contributed by atoms with Gasteiger partial charge in [0.2, 0.25) is 5.91 Å². The number of nitrogens with one attached hydrogen (secondary N) is 2. The molecular weight excluding hydrogens is 325 g/mol. The molecule has 2 N–H and O–H groups in total. The number of nitrogens with zero attached hydrogens (tertiary/aromatic N) is 1. The molecule has 122 valence electrons. The normalized spacial score (nSPS) is 10.4. The van der Waals surface area contributed by atoms with Gasteiger partial charge >= 0.3 is 0 Å². The van der Waals surface area contributed by atoms with E-state index in [4.69, 9.17) is 0 Å². The standard InChI is InChI=1S/C18H16FN3OS/c1-12-21-17(11-24-12)13-5-4-6-14(9-13)22-18(23)10-20-16-8-3-2-7-15(16)19/h2-9,11,20H,10H2,1H3,(H,22,23). The largest absolute Gasteiger partial charge is 0.374 e. The highest BCUT2D eigenvalue weighted by Gasteiger charge is 2.07. The number of carbonyl (C=O) groups excluding carboxylic acids is 1. The summed E-state index contributed by atoms with van der Waals surface area (Å²) < 4.78 is 13.5. The molecule has 0 aliphatic carbocycles. The van der Waals surface area contributed by atoms with Gasteiger partial charge in [0.1, 0.15) is 5.82 Å². The monoisotopic (exact) mass is 341 g/mol. The first kappa shape index (κ1) is 16.1. The van der Waals surface area contributed by atoms with E-state index < -0.39 is 0 Å². The third kappa shape index (κ3) is 3.97.